The summed E-state index contributed by atoms with van der Waals surface area (Å²) in [6, 6.07) is 13.1. The van der Waals surface area contributed by atoms with Crippen molar-refractivity contribution in [2.75, 3.05) is 6.61 Å². The van der Waals surface area contributed by atoms with Crippen LogP contribution in [0, 0.1) is 0 Å². The first-order valence-corrected chi connectivity index (χ1v) is 8.49. The fourth-order valence-electron chi connectivity index (χ4n) is 2.16. The van der Waals surface area contributed by atoms with Crippen LogP contribution in [0.2, 0.25) is 0 Å². The molecule has 2 heterocycles. The summed E-state index contributed by atoms with van der Waals surface area (Å²) in [4.78, 5) is 12.9. The largest absolute Gasteiger partial charge is 0.494 e. The van der Waals surface area contributed by atoms with Crippen molar-refractivity contribution in [3.8, 4) is 16.4 Å². The van der Waals surface area contributed by atoms with Crippen LogP contribution in [0.1, 0.15) is 18.2 Å². The SMILES string of the molecule is CCOc1ccc(CC(=O)OCc2cc(-c3cccs3)on2)cc1. The molecule has 6 heteroatoms. The molecule has 0 N–H and O–H groups in total. The number of carbonyl (C=O) groups excluding carboxylic acids is 1. The van der Waals surface area contributed by atoms with Gasteiger partial charge in [-0.05, 0) is 36.1 Å². The fraction of sp³-hybridized carbons (Fsp3) is 0.222. The van der Waals surface area contributed by atoms with Gasteiger partial charge in [-0.15, -0.1) is 11.3 Å². The molecule has 1 aromatic carbocycles. The van der Waals surface area contributed by atoms with Gasteiger partial charge in [-0.25, -0.2) is 0 Å². The van der Waals surface area contributed by atoms with Gasteiger partial charge in [0.1, 0.15) is 18.1 Å². The Morgan fingerprint density at radius 2 is 2.08 bits per heavy atom. The van der Waals surface area contributed by atoms with E-state index in [1.165, 1.54) is 0 Å². The van der Waals surface area contributed by atoms with Gasteiger partial charge >= 0.3 is 5.97 Å². The van der Waals surface area contributed by atoms with E-state index in [1.807, 2.05) is 48.7 Å². The highest BCUT2D eigenvalue weighted by atomic mass is 32.1. The van der Waals surface area contributed by atoms with Crippen molar-refractivity contribution in [2.45, 2.75) is 20.0 Å². The Balaban J connectivity index is 1.50. The van der Waals surface area contributed by atoms with Gasteiger partial charge in [0.05, 0.1) is 17.9 Å². The number of aromatic nitrogens is 1. The molecule has 0 aliphatic heterocycles. The first kappa shape index (κ1) is 16.3. The second kappa shape index (κ2) is 7.79. The highest BCUT2D eigenvalue weighted by Crippen LogP contribution is 2.25. The molecular weight excluding hydrogens is 326 g/mol. The lowest BCUT2D eigenvalue weighted by atomic mass is 10.1. The van der Waals surface area contributed by atoms with Gasteiger partial charge in [0.2, 0.25) is 0 Å². The van der Waals surface area contributed by atoms with Gasteiger partial charge < -0.3 is 14.0 Å². The quantitative estimate of drug-likeness (QED) is 0.605. The van der Waals surface area contributed by atoms with Crippen LogP contribution in [-0.4, -0.2) is 17.7 Å². The van der Waals surface area contributed by atoms with E-state index in [2.05, 4.69) is 5.16 Å². The van der Waals surface area contributed by atoms with E-state index in [4.69, 9.17) is 14.0 Å². The second-order valence-electron chi connectivity index (χ2n) is 5.07. The number of hydrogen-bond acceptors (Lipinski definition) is 6. The summed E-state index contributed by atoms with van der Waals surface area (Å²) in [5.74, 6) is 1.17. The number of hydrogen-bond donors (Lipinski definition) is 0. The van der Waals surface area contributed by atoms with Crippen molar-refractivity contribution in [1.29, 1.82) is 0 Å². The molecule has 0 fully saturated rings. The van der Waals surface area contributed by atoms with E-state index in [9.17, 15) is 4.79 Å². The highest BCUT2D eigenvalue weighted by molar-refractivity contribution is 7.13. The van der Waals surface area contributed by atoms with E-state index >= 15 is 0 Å². The lowest BCUT2D eigenvalue weighted by Gasteiger charge is -2.05. The highest BCUT2D eigenvalue weighted by Gasteiger charge is 2.10. The Morgan fingerprint density at radius 1 is 1.25 bits per heavy atom. The number of carbonyl (C=O) groups is 1. The molecule has 0 unspecified atom stereocenters. The Hall–Kier alpha value is -2.60. The molecule has 0 aliphatic carbocycles. The molecular formula is C18H17NO4S. The predicted molar refractivity (Wildman–Crippen MR) is 90.9 cm³/mol. The summed E-state index contributed by atoms with van der Waals surface area (Å²) in [5, 5.41) is 5.89. The zero-order valence-corrected chi connectivity index (χ0v) is 14.0. The lowest BCUT2D eigenvalue weighted by molar-refractivity contribution is -0.144. The first-order valence-electron chi connectivity index (χ1n) is 7.61. The zero-order valence-electron chi connectivity index (χ0n) is 13.2. The topological polar surface area (TPSA) is 61.6 Å². The minimum atomic E-state index is -0.306. The van der Waals surface area contributed by atoms with Crippen LogP contribution in [-0.2, 0) is 22.6 Å². The summed E-state index contributed by atoms with van der Waals surface area (Å²) < 4.78 is 15.9. The normalized spacial score (nSPS) is 10.5. The minimum absolute atomic E-state index is 0.102. The average Bonchev–Trinajstić information content (AvgIpc) is 3.26. The van der Waals surface area contributed by atoms with Crippen LogP contribution in [0.15, 0.2) is 52.4 Å². The monoisotopic (exact) mass is 343 g/mol. The number of nitrogens with zero attached hydrogens (tertiary/aromatic N) is 1. The smallest absolute Gasteiger partial charge is 0.310 e. The minimum Gasteiger partial charge on any atom is -0.494 e. The first-order chi connectivity index (χ1) is 11.7. The van der Waals surface area contributed by atoms with E-state index in [0.717, 1.165) is 16.2 Å². The third-order valence-electron chi connectivity index (χ3n) is 3.29. The summed E-state index contributed by atoms with van der Waals surface area (Å²) >= 11 is 1.57. The van der Waals surface area contributed by atoms with Crippen LogP contribution < -0.4 is 4.74 Å². The number of ether oxygens (including phenoxy) is 2. The maximum Gasteiger partial charge on any atom is 0.310 e. The molecule has 0 saturated carbocycles. The summed E-state index contributed by atoms with van der Waals surface area (Å²) in [5.41, 5.74) is 1.47. The predicted octanol–water partition coefficient (Wildman–Crippen LogP) is 4.09. The van der Waals surface area contributed by atoms with Crippen LogP contribution in [0.4, 0.5) is 0 Å². The molecule has 24 heavy (non-hydrogen) atoms. The van der Waals surface area contributed by atoms with Gasteiger partial charge in [0.15, 0.2) is 5.76 Å². The number of esters is 1. The number of thiophene rings is 1. The maximum absolute atomic E-state index is 11.9. The molecule has 0 spiro atoms. The van der Waals surface area contributed by atoms with Crippen LogP contribution in [0.5, 0.6) is 5.75 Å². The van der Waals surface area contributed by atoms with Crippen molar-refractivity contribution in [3.63, 3.8) is 0 Å². The molecule has 2 aromatic heterocycles. The molecule has 0 bridgehead atoms. The summed E-state index contributed by atoms with van der Waals surface area (Å²) in [7, 11) is 0. The van der Waals surface area contributed by atoms with Crippen LogP contribution in [0.3, 0.4) is 0 Å². The van der Waals surface area contributed by atoms with Gasteiger partial charge in [-0.3, -0.25) is 4.79 Å². The Labute approximate surface area is 143 Å². The van der Waals surface area contributed by atoms with E-state index in [0.29, 0.717) is 18.1 Å². The Morgan fingerprint density at radius 3 is 2.79 bits per heavy atom. The van der Waals surface area contributed by atoms with Crippen molar-refractivity contribution in [2.24, 2.45) is 0 Å². The van der Waals surface area contributed by atoms with Gasteiger partial charge in [0.25, 0.3) is 0 Å². The number of benzene rings is 1. The molecule has 5 nitrogen and oxygen atoms in total. The molecule has 0 aliphatic rings. The van der Waals surface area contributed by atoms with Gasteiger partial charge in [-0.1, -0.05) is 23.4 Å². The molecule has 0 saturated heterocycles. The van der Waals surface area contributed by atoms with Crippen LogP contribution in [0.25, 0.3) is 10.6 Å². The molecule has 3 aromatic rings. The maximum atomic E-state index is 11.9. The standard InChI is InChI=1S/C18H17NO4S/c1-2-21-15-7-5-13(6-8-15)10-18(20)22-12-14-11-16(23-19-14)17-4-3-9-24-17/h3-9,11H,2,10,12H2,1H3. The Bertz CT molecular complexity index is 778. The summed E-state index contributed by atoms with van der Waals surface area (Å²) in [6.45, 7) is 2.65. The van der Waals surface area contributed by atoms with Crippen molar-refractivity contribution >= 4 is 17.3 Å². The average molecular weight is 343 g/mol. The molecule has 0 radical (unpaired) electrons. The van der Waals surface area contributed by atoms with E-state index < -0.39 is 0 Å². The Kier molecular flexibility index (Phi) is 5.28. The third-order valence-corrected chi connectivity index (χ3v) is 4.17. The summed E-state index contributed by atoms with van der Waals surface area (Å²) in [6.07, 6.45) is 0.210. The molecule has 0 atom stereocenters. The fourth-order valence-corrected chi connectivity index (χ4v) is 2.83. The molecule has 124 valence electrons. The van der Waals surface area contributed by atoms with E-state index in [-0.39, 0.29) is 19.0 Å². The van der Waals surface area contributed by atoms with Crippen molar-refractivity contribution in [3.05, 3.63) is 59.1 Å². The van der Waals surface area contributed by atoms with Crippen molar-refractivity contribution in [1.82, 2.24) is 5.16 Å². The van der Waals surface area contributed by atoms with Gasteiger partial charge in [-0.2, -0.15) is 0 Å². The van der Waals surface area contributed by atoms with Crippen molar-refractivity contribution < 1.29 is 18.8 Å². The van der Waals surface area contributed by atoms with Gasteiger partial charge in [0, 0.05) is 6.07 Å². The third kappa shape index (κ3) is 4.23. The molecule has 3 rings (SSSR count). The number of rotatable bonds is 7. The van der Waals surface area contributed by atoms with Crippen LogP contribution >= 0.6 is 11.3 Å². The second-order valence-corrected chi connectivity index (χ2v) is 6.02. The molecule has 0 amide bonds. The lowest BCUT2D eigenvalue weighted by Crippen LogP contribution is -2.08. The zero-order chi connectivity index (χ0) is 16.8. The van der Waals surface area contributed by atoms with E-state index in [1.54, 1.807) is 17.4 Å².